The monoisotopic (exact) mass is 284 g/mol. The van der Waals surface area contributed by atoms with Gasteiger partial charge in [0.1, 0.15) is 8.07 Å². The van der Waals surface area contributed by atoms with E-state index in [0.29, 0.717) is 6.61 Å². The topological polar surface area (TPSA) is 9.23 Å². The Bertz CT molecular complexity index is 253. The lowest BCUT2D eigenvalue weighted by atomic mass is 10.8. The summed E-state index contributed by atoms with van der Waals surface area (Å²) in [6.45, 7) is 14.4. The van der Waals surface area contributed by atoms with Gasteiger partial charge in [0.05, 0.1) is 6.61 Å². The summed E-state index contributed by atoms with van der Waals surface area (Å²) in [5, 5.41) is 0. The van der Waals surface area contributed by atoms with Crippen molar-refractivity contribution in [2.24, 2.45) is 0 Å². The van der Waals surface area contributed by atoms with Crippen LogP contribution in [0, 0.1) is 11.5 Å². The molecule has 0 bridgehead atoms. The molecule has 0 rings (SSSR count). The molecule has 0 aromatic rings. The fourth-order valence-electron chi connectivity index (χ4n) is 2.48. The Morgan fingerprint density at radius 2 is 1.17 bits per heavy atom. The first kappa shape index (κ1) is 18.0. The van der Waals surface area contributed by atoms with Crippen LogP contribution in [0.25, 0.3) is 0 Å². The van der Waals surface area contributed by atoms with Crippen molar-refractivity contribution in [1.29, 1.82) is 0 Å². The van der Waals surface area contributed by atoms with E-state index in [2.05, 4.69) is 53.0 Å². The summed E-state index contributed by atoms with van der Waals surface area (Å²) < 4.78 is 6.19. The Balaban J connectivity index is 4.50. The number of hydrogen-bond donors (Lipinski definition) is 0. The van der Waals surface area contributed by atoms with Crippen molar-refractivity contribution >= 4 is 16.4 Å². The van der Waals surface area contributed by atoms with Crippen molar-refractivity contribution in [2.45, 2.75) is 77.8 Å². The molecular weight excluding hydrogens is 252 g/mol. The molecule has 0 radical (unpaired) electrons. The minimum absolute atomic E-state index is 0.677. The van der Waals surface area contributed by atoms with Crippen molar-refractivity contribution in [3.63, 3.8) is 0 Å². The fourth-order valence-corrected chi connectivity index (χ4v) is 7.45. The zero-order valence-electron chi connectivity index (χ0n) is 13.4. The molecule has 0 amide bonds. The molecule has 0 aromatic heterocycles. The van der Waals surface area contributed by atoms with Crippen molar-refractivity contribution in [3.8, 4) is 11.5 Å². The second kappa shape index (κ2) is 8.95. The van der Waals surface area contributed by atoms with Gasteiger partial charge in [-0.05, 0) is 36.3 Å². The van der Waals surface area contributed by atoms with Gasteiger partial charge >= 0.3 is 0 Å². The average molecular weight is 285 g/mol. The minimum Gasteiger partial charge on any atom is -0.406 e. The molecule has 0 unspecified atom stereocenters. The van der Waals surface area contributed by atoms with E-state index >= 15 is 0 Å². The molecule has 0 saturated heterocycles. The fraction of sp³-hybridized carbons (Fsp3) is 0.867. The van der Waals surface area contributed by atoms with E-state index in [-0.39, 0.29) is 0 Å². The van der Waals surface area contributed by atoms with Crippen LogP contribution >= 0.6 is 0 Å². The maximum atomic E-state index is 6.19. The standard InChI is InChI=1S/C15H32OSi2/c1-7-17(8-2,9-3)15-13-14-16-18(10-4,11-5)12-6/h7-12,14H2,1-6H3. The quantitative estimate of drug-likeness (QED) is 0.447. The first-order valence-electron chi connectivity index (χ1n) is 7.71. The van der Waals surface area contributed by atoms with Gasteiger partial charge in [-0.15, -0.1) is 5.54 Å². The summed E-state index contributed by atoms with van der Waals surface area (Å²) in [5.74, 6) is 3.36. The Labute approximate surface area is 117 Å². The predicted octanol–water partition coefficient (Wildman–Crippen LogP) is 5.06. The van der Waals surface area contributed by atoms with E-state index in [1.54, 1.807) is 0 Å². The highest BCUT2D eigenvalue weighted by Gasteiger charge is 2.28. The molecule has 0 heterocycles. The minimum atomic E-state index is -1.43. The van der Waals surface area contributed by atoms with Crippen LogP contribution in [0.15, 0.2) is 0 Å². The highest BCUT2D eigenvalue weighted by Crippen LogP contribution is 2.21. The molecule has 0 aliphatic rings. The van der Waals surface area contributed by atoms with Crippen LogP contribution in [-0.2, 0) is 4.43 Å². The van der Waals surface area contributed by atoms with E-state index < -0.39 is 16.4 Å². The summed E-state index contributed by atoms with van der Waals surface area (Å²) >= 11 is 0. The lowest BCUT2D eigenvalue weighted by molar-refractivity contribution is 0.350. The molecule has 18 heavy (non-hydrogen) atoms. The summed E-state index contributed by atoms with van der Waals surface area (Å²) in [7, 11) is -2.70. The highest BCUT2D eigenvalue weighted by atomic mass is 28.4. The highest BCUT2D eigenvalue weighted by molar-refractivity contribution is 6.87. The van der Waals surface area contributed by atoms with E-state index in [1.807, 2.05) is 0 Å². The molecule has 0 N–H and O–H groups in total. The van der Waals surface area contributed by atoms with Gasteiger partial charge < -0.3 is 4.43 Å². The Morgan fingerprint density at radius 1 is 0.722 bits per heavy atom. The SMILES string of the molecule is CC[Si](C#CCO[Si](CC)(CC)CC)(CC)CC. The molecule has 1 nitrogen and oxygen atoms in total. The largest absolute Gasteiger partial charge is 0.406 e. The summed E-state index contributed by atoms with van der Waals surface area (Å²) in [4.78, 5) is 0. The van der Waals surface area contributed by atoms with E-state index in [9.17, 15) is 0 Å². The van der Waals surface area contributed by atoms with Crippen LogP contribution < -0.4 is 0 Å². The van der Waals surface area contributed by atoms with E-state index in [4.69, 9.17) is 4.43 Å². The normalized spacial score (nSPS) is 12.1. The van der Waals surface area contributed by atoms with Crippen molar-refractivity contribution in [2.75, 3.05) is 6.61 Å². The summed E-state index contributed by atoms with van der Waals surface area (Å²) in [6.07, 6.45) is 0. The van der Waals surface area contributed by atoms with Crippen LogP contribution in [-0.4, -0.2) is 23.0 Å². The van der Waals surface area contributed by atoms with Crippen LogP contribution in [0.2, 0.25) is 36.3 Å². The molecule has 0 aliphatic carbocycles. The lowest BCUT2D eigenvalue weighted by Crippen LogP contribution is -2.36. The van der Waals surface area contributed by atoms with Gasteiger partial charge in [-0.1, -0.05) is 47.5 Å². The van der Waals surface area contributed by atoms with Crippen molar-refractivity contribution in [1.82, 2.24) is 0 Å². The Hall–Kier alpha value is -0.0462. The van der Waals surface area contributed by atoms with Crippen LogP contribution in [0.3, 0.4) is 0 Å². The molecule has 0 aromatic carbocycles. The van der Waals surface area contributed by atoms with Gasteiger partial charge in [0.25, 0.3) is 0 Å². The maximum absolute atomic E-state index is 6.19. The van der Waals surface area contributed by atoms with Crippen molar-refractivity contribution in [3.05, 3.63) is 0 Å². The molecule has 0 atom stereocenters. The van der Waals surface area contributed by atoms with Crippen LogP contribution in [0.4, 0.5) is 0 Å². The first-order valence-corrected chi connectivity index (χ1v) is 12.9. The smallest absolute Gasteiger partial charge is 0.193 e. The third kappa shape index (κ3) is 4.91. The predicted molar refractivity (Wildman–Crippen MR) is 88.1 cm³/mol. The maximum Gasteiger partial charge on any atom is 0.193 e. The third-order valence-electron chi connectivity index (χ3n) is 4.77. The summed E-state index contributed by atoms with van der Waals surface area (Å²) in [5.41, 5.74) is 3.61. The third-order valence-corrected chi connectivity index (χ3v) is 14.2. The lowest BCUT2D eigenvalue weighted by Gasteiger charge is -2.27. The Morgan fingerprint density at radius 3 is 1.50 bits per heavy atom. The number of hydrogen-bond acceptors (Lipinski definition) is 1. The van der Waals surface area contributed by atoms with E-state index in [1.165, 1.54) is 36.3 Å². The van der Waals surface area contributed by atoms with Crippen LogP contribution in [0.5, 0.6) is 0 Å². The van der Waals surface area contributed by atoms with Crippen molar-refractivity contribution < 1.29 is 4.43 Å². The summed E-state index contributed by atoms with van der Waals surface area (Å²) in [6, 6.07) is 7.51. The van der Waals surface area contributed by atoms with Gasteiger partial charge in [0, 0.05) is 0 Å². The molecular formula is C15H32OSi2. The molecule has 0 saturated carbocycles. The second-order valence-corrected chi connectivity index (χ2v) is 14.9. The van der Waals surface area contributed by atoms with Gasteiger partial charge in [-0.25, -0.2) is 0 Å². The van der Waals surface area contributed by atoms with Gasteiger partial charge in [-0.2, -0.15) is 0 Å². The molecule has 3 heteroatoms. The first-order chi connectivity index (χ1) is 8.57. The van der Waals surface area contributed by atoms with Gasteiger partial charge in [-0.3, -0.25) is 0 Å². The van der Waals surface area contributed by atoms with Crippen LogP contribution in [0.1, 0.15) is 41.5 Å². The molecule has 0 aliphatic heterocycles. The number of rotatable bonds is 8. The van der Waals surface area contributed by atoms with E-state index in [0.717, 1.165) is 0 Å². The zero-order valence-corrected chi connectivity index (χ0v) is 15.4. The average Bonchev–Trinajstić information content (AvgIpc) is 2.45. The molecule has 0 spiro atoms. The van der Waals surface area contributed by atoms with Gasteiger partial charge in [0.15, 0.2) is 8.32 Å². The molecule has 106 valence electrons. The zero-order chi connectivity index (χ0) is 14.1. The van der Waals surface area contributed by atoms with Gasteiger partial charge in [0.2, 0.25) is 0 Å². The molecule has 0 fully saturated rings. The second-order valence-electron chi connectivity index (χ2n) is 5.18. The Kier molecular flexibility index (Phi) is 8.93.